The Balaban J connectivity index is 1.81. The lowest BCUT2D eigenvalue weighted by atomic mass is 10.0. The summed E-state index contributed by atoms with van der Waals surface area (Å²) in [4.78, 5) is 41.3. The standard InChI is InChI=1S/C28H26N4O4/c1-16-7-6-10-21-26(16)20(15-30-21)17(2)31-22-12-11-19(27(29)35)13-24(22)32(28(31)36)23(14-25(33)34)18-8-4-3-5-9-18/h3-13,15,17,23,30H,14H2,1-2H3,(H2,29,35)(H,33,34)/t17?,23-/m1/s1. The number of carboxylic acid groups (broad SMARTS) is 1. The van der Waals surface area contributed by atoms with Crippen molar-refractivity contribution in [3.05, 3.63) is 106 Å². The van der Waals surface area contributed by atoms with Gasteiger partial charge in [0.25, 0.3) is 0 Å². The molecule has 0 aliphatic rings. The highest BCUT2D eigenvalue weighted by Crippen LogP contribution is 2.33. The largest absolute Gasteiger partial charge is 0.481 e. The molecular formula is C28H26N4O4. The van der Waals surface area contributed by atoms with E-state index in [-0.39, 0.29) is 23.7 Å². The number of aryl methyl sites for hydroxylation is 1. The fourth-order valence-corrected chi connectivity index (χ4v) is 5.14. The molecule has 8 nitrogen and oxygen atoms in total. The topological polar surface area (TPSA) is 123 Å². The van der Waals surface area contributed by atoms with Crippen LogP contribution in [0, 0.1) is 6.92 Å². The second-order valence-electron chi connectivity index (χ2n) is 9.03. The number of aromatic nitrogens is 3. The van der Waals surface area contributed by atoms with Crippen molar-refractivity contribution >= 4 is 33.8 Å². The van der Waals surface area contributed by atoms with Gasteiger partial charge in [-0.15, -0.1) is 0 Å². The molecule has 0 bridgehead atoms. The number of rotatable bonds is 7. The van der Waals surface area contributed by atoms with Crippen molar-refractivity contribution in [2.45, 2.75) is 32.4 Å². The number of imidazole rings is 1. The molecule has 5 rings (SSSR count). The molecule has 8 heteroatoms. The Kier molecular flexibility index (Phi) is 5.72. The van der Waals surface area contributed by atoms with Crippen molar-refractivity contribution < 1.29 is 14.7 Å². The van der Waals surface area contributed by atoms with Gasteiger partial charge in [-0.25, -0.2) is 4.79 Å². The Morgan fingerprint density at radius 1 is 1.00 bits per heavy atom. The average Bonchev–Trinajstić information content (AvgIpc) is 3.42. The van der Waals surface area contributed by atoms with E-state index in [0.29, 0.717) is 16.6 Å². The van der Waals surface area contributed by atoms with Gasteiger partial charge in [0.05, 0.1) is 29.5 Å². The van der Waals surface area contributed by atoms with E-state index in [0.717, 1.165) is 22.0 Å². The Labute approximate surface area is 206 Å². The maximum absolute atomic E-state index is 14.1. The third kappa shape index (κ3) is 3.76. The van der Waals surface area contributed by atoms with E-state index >= 15 is 0 Å². The summed E-state index contributed by atoms with van der Waals surface area (Å²) < 4.78 is 3.14. The summed E-state index contributed by atoms with van der Waals surface area (Å²) in [6, 6.07) is 18.7. The van der Waals surface area contributed by atoms with Crippen LogP contribution in [-0.2, 0) is 4.79 Å². The zero-order valence-electron chi connectivity index (χ0n) is 19.9. The summed E-state index contributed by atoms with van der Waals surface area (Å²) in [6.07, 6.45) is 1.60. The van der Waals surface area contributed by atoms with Crippen LogP contribution in [0.1, 0.15) is 52.5 Å². The van der Waals surface area contributed by atoms with E-state index in [4.69, 9.17) is 5.73 Å². The third-order valence-electron chi connectivity index (χ3n) is 6.84. The minimum absolute atomic E-state index is 0.242. The predicted octanol–water partition coefficient (Wildman–Crippen LogP) is 4.37. The van der Waals surface area contributed by atoms with Gasteiger partial charge in [-0.1, -0.05) is 42.5 Å². The molecule has 182 valence electrons. The number of nitrogens with one attached hydrogen (secondary N) is 1. The second kappa shape index (κ2) is 8.88. The Morgan fingerprint density at radius 3 is 2.44 bits per heavy atom. The molecule has 0 aliphatic heterocycles. The average molecular weight is 483 g/mol. The number of carboxylic acids is 1. The first-order valence-corrected chi connectivity index (χ1v) is 11.7. The van der Waals surface area contributed by atoms with Crippen LogP contribution >= 0.6 is 0 Å². The quantitative estimate of drug-likeness (QED) is 0.319. The van der Waals surface area contributed by atoms with Gasteiger partial charge in [0.2, 0.25) is 5.91 Å². The lowest BCUT2D eigenvalue weighted by Crippen LogP contribution is -2.31. The molecule has 0 saturated carbocycles. The van der Waals surface area contributed by atoms with Crippen molar-refractivity contribution in [1.29, 1.82) is 0 Å². The van der Waals surface area contributed by atoms with Crippen LogP contribution in [0.4, 0.5) is 0 Å². The van der Waals surface area contributed by atoms with E-state index in [1.807, 2.05) is 44.3 Å². The highest BCUT2D eigenvalue weighted by atomic mass is 16.4. The van der Waals surface area contributed by atoms with Gasteiger partial charge in [-0.3, -0.25) is 18.7 Å². The molecule has 0 fully saturated rings. The first-order chi connectivity index (χ1) is 17.3. The second-order valence-corrected chi connectivity index (χ2v) is 9.03. The number of aliphatic carboxylic acids is 1. The van der Waals surface area contributed by atoms with Gasteiger partial charge in [0, 0.05) is 28.2 Å². The number of carbonyl (C=O) groups excluding carboxylic acids is 1. The number of amides is 1. The molecule has 2 heterocycles. The number of hydrogen-bond donors (Lipinski definition) is 3. The van der Waals surface area contributed by atoms with Gasteiger partial charge in [0.1, 0.15) is 0 Å². The van der Waals surface area contributed by atoms with E-state index in [1.54, 1.807) is 47.0 Å². The molecule has 5 aromatic rings. The maximum Gasteiger partial charge on any atom is 0.330 e. The molecule has 1 unspecified atom stereocenters. The molecule has 4 N–H and O–H groups in total. The summed E-state index contributed by atoms with van der Waals surface area (Å²) in [6.45, 7) is 3.97. The molecule has 1 amide bonds. The Hall–Kier alpha value is -4.59. The van der Waals surface area contributed by atoms with Crippen LogP contribution in [0.3, 0.4) is 0 Å². The van der Waals surface area contributed by atoms with Crippen molar-refractivity contribution in [2.75, 3.05) is 0 Å². The number of benzene rings is 3. The van der Waals surface area contributed by atoms with E-state index in [2.05, 4.69) is 4.98 Å². The SMILES string of the molecule is Cc1cccc2[nH]cc(C(C)n3c(=O)n([C@H](CC(=O)O)c4ccccc4)c4cc(C(N)=O)ccc43)c12. The van der Waals surface area contributed by atoms with E-state index in [9.17, 15) is 19.5 Å². The van der Waals surface area contributed by atoms with E-state index < -0.39 is 17.9 Å². The summed E-state index contributed by atoms with van der Waals surface area (Å²) in [5.41, 5.74) is 10.1. The zero-order valence-corrected chi connectivity index (χ0v) is 19.9. The van der Waals surface area contributed by atoms with Gasteiger partial charge in [-0.05, 0) is 49.2 Å². The number of nitrogens with two attached hydrogens (primary N) is 1. The van der Waals surface area contributed by atoms with Gasteiger partial charge >= 0.3 is 11.7 Å². The van der Waals surface area contributed by atoms with Gasteiger partial charge < -0.3 is 15.8 Å². The molecule has 0 saturated heterocycles. The summed E-state index contributed by atoms with van der Waals surface area (Å²) in [5.74, 6) is -1.67. The van der Waals surface area contributed by atoms with Crippen LogP contribution in [0.5, 0.6) is 0 Å². The number of fused-ring (bicyclic) bond motifs is 2. The fourth-order valence-electron chi connectivity index (χ4n) is 5.14. The molecule has 2 atom stereocenters. The molecule has 2 aromatic heterocycles. The first-order valence-electron chi connectivity index (χ1n) is 11.7. The first kappa shape index (κ1) is 23.2. The molecule has 0 radical (unpaired) electrons. The highest BCUT2D eigenvalue weighted by molar-refractivity contribution is 5.96. The van der Waals surface area contributed by atoms with Crippen LogP contribution < -0.4 is 11.4 Å². The third-order valence-corrected chi connectivity index (χ3v) is 6.84. The van der Waals surface area contributed by atoms with Crippen molar-refractivity contribution in [2.24, 2.45) is 5.73 Å². The smallest absolute Gasteiger partial charge is 0.330 e. The van der Waals surface area contributed by atoms with E-state index in [1.165, 1.54) is 4.57 Å². The summed E-state index contributed by atoms with van der Waals surface area (Å²) in [5, 5.41) is 10.8. The fraction of sp³-hybridized carbons (Fsp3) is 0.179. The van der Waals surface area contributed by atoms with Gasteiger partial charge in [-0.2, -0.15) is 0 Å². The normalized spacial score (nSPS) is 13.2. The van der Waals surface area contributed by atoms with Crippen LogP contribution in [0.2, 0.25) is 0 Å². The number of H-pyrrole nitrogens is 1. The predicted molar refractivity (Wildman–Crippen MR) is 138 cm³/mol. The van der Waals surface area contributed by atoms with Crippen LogP contribution in [0.25, 0.3) is 21.9 Å². The number of aromatic amines is 1. The molecule has 3 aromatic carbocycles. The summed E-state index contributed by atoms with van der Waals surface area (Å²) >= 11 is 0. The monoisotopic (exact) mass is 482 g/mol. The minimum Gasteiger partial charge on any atom is -0.481 e. The number of hydrogen-bond acceptors (Lipinski definition) is 3. The zero-order chi connectivity index (χ0) is 25.6. The summed E-state index contributed by atoms with van der Waals surface area (Å²) in [7, 11) is 0. The lowest BCUT2D eigenvalue weighted by Gasteiger charge is -2.18. The molecule has 36 heavy (non-hydrogen) atoms. The van der Waals surface area contributed by atoms with Gasteiger partial charge in [0.15, 0.2) is 0 Å². The van der Waals surface area contributed by atoms with Crippen molar-refractivity contribution in [3.63, 3.8) is 0 Å². The Morgan fingerprint density at radius 2 is 1.75 bits per heavy atom. The number of primary amides is 1. The lowest BCUT2D eigenvalue weighted by molar-refractivity contribution is -0.137. The molecule has 0 spiro atoms. The minimum atomic E-state index is -1.04. The van der Waals surface area contributed by atoms with Crippen LogP contribution in [0.15, 0.2) is 77.7 Å². The maximum atomic E-state index is 14.1. The molecular weight excluding hydrogens is 456 g/mol. The number of carbonyl (C=O) groups is 2. The van der Waals surface area contributed by atoms with Crippen LogP contribution in [-0.4, -0.2) is 31.1 Å². The highest BCUT2D eigenvalue weighted by Gasteiger charge is 2.28. The van der Waals surface area contributed by atoms with Crippen molar-refractivity contribution in [3.8, 4) is 0 Å². The molecule has 0 aliphatic carbocycles. The van der Waals surface area contributed by atoms with Crippen molar-refractivity contribution in [1.82, 2.24) is 14.1 Å². The number of nitrogens with zero attached hydrogens (tertiary/aromatic N) is 2. The Bertz CT molecular complexity index is 1680.